The normalized spacial score (nSPS) is 10.5. The van der Waals surface area contributed by atoms with E-state index >= 15 is 0 Å². The molecule has 0 bridgehead atoms. The third-order valence-corrected chi connectivity index (χ3v) is 2.03. The first-order valence-electron chi connectivity index (χ1n) is 5.62. The molecule has 0 atom stereocenters. The molecule has 7 nitrogen and oxygen atoms in total. The number of hydrogen-bond donors (Lipinski definition) is 2. The van der Waals surface area contributed by atoms with Crippen molar-refractivity contribution in [2.45, 2.75) is 26.4 Å². The second kappa shape index (κ2) is 7.75. The zero-order valence-electron chi connectivity index (χ0n) is 9.93. The fourth-order valence-corrected chi connectivity index (χ4v) is 1.27. The maximum atomic E-state index is 11.0. The maximum absolute atomic E-state index is 11.0. The summed E-state index contributed by atoms with van der Waals surface area (Å²) in [5.74, 6) is -0.205. The van der Waals surface area contributed by atoms with Gasteiger partial charge in [0.2, 0.25) is 0 Å². The highest BCUT2D eigenvalue weighted by atomic mass is 16.5. The molecule has 0 radical (unpaired) electrons. The Kier molecular flexibility index (Phi) is 6.19. The van der Waals surface area contributed by atoms with Crippen molar-refractivity contribution in [3.8, 4) is 0 Å². The number of hydrogen-bond acceptors (Lipinski definition) is 6. The van der Waals surface area contributed by atoms with Crippen molar-refractivity contribution < 1.29 is 14.6 Å². The van der Waals surface area contributed by atoms with Crippen LogP contribution in [0.2, 0.25) is 0 Å². The van der Waals surface area contributed by atoms with E-state index in [1.165, 1.54) is 0 Å². The Hall–Kier alpha value is -1.47. The smallest absolute Gasteiger partial charge is 0.307 e. The zero-order valence-corrected chi connectivity index (χ0v) is 9.93. The summed E-state index contributed by atoms with van der Waals surface area (Å²) in [6.45, 7) is 3.77. The molecule has 1 heterocycles. The highest BCUT2D eigenvalue weighted by Gasteiger charge is 2.02. The number of rotatable bonds is 8. The summed E-state index contributed by atoms with van der Waals surface area (Å²) in [4.78, 5) is 11.0. The number of esters is 1. The summed E-state index contributed by atoms with van der Waals surface area (Å²) in [7, 11) is 0. The SMILES string of the molecule is CCOC(=O)CCNCc1cn(CCO)nn1. The lowest BCUT2D eigenvalue weighted by Crippen LogP contribution is -2.19. The molecule has 0 amide bonds. The van der Waals surface area contributed by atoms with Gasteiger partial charge >= 0.3 is 5.97 Å². The van der Waals surface area contributed by atoms with Crippen LogP contribution in [0.1, 0.15) is 19.0 Å². The Labute approximate surface area is 99.8 Å². The van der Waals surface area contributed by atoms with Crippen LogP contribution in [0.5, 0.6) is 0 Å². The lowest BCUT2D eigenvalue weighted by molar-refractivity contribution is -0.142. The predicted octanol–water partition coefficient (Wildman–Crippen LogP) is -0.687. The number of aromatic nitrogens is 3. The molecule has 0 aromatic carbocycles. The Morgan fingerprint density at radius 1 is 1.65 bits per heavy atom. The van der Waals surface area contributed by atoms with Crippen molar-refractivity contribution in [3.05, 3.63) is 11.9 Å². The Morgan fingerprint density at radius 2 is 2.47 bits per heavy atom. The molecule has 1 rings (SSSR count). The van der Waals surface area contributed by atoms with Crippen LogP contribution in [0, 0.1) is 0 Å². The lowest BCUT2D eigenvalue weighted by atomic mass is 10.4. The van der Waals surface area contributed by atoms with Gasteiger partial charge in [-0.3, -0.25) is 4.79 Å². The molecule has 96 valence electrons. The van der Waals surface area contributed by atoms with E-state index in [1.54, 1.807) is 17.8 Å². The van der Waals surface area contributed by atoms with Gasteiger partial charge < -0.3 is 15.2 Å². The van der Waals surface area contributed by atoms with Crippen LogP contribution in [0.15, 0.2) is 6.20 Å². The minimum Gasteiger partial charge on any atom is -0.466 e. The van der Waals surface area contributed by atoms with E-state index in [1.807, 2.05) is 0 Å². The Bertz CT molecular complexity index is 340. The van der Waals surface area contributed by atoms with Gasteiger partial charge in [-0.2, -0.15) is 0 Å². The molecule has 0 saturated carbocycles. The molecular formula is C10H18N4O3. The minimum absolute atomic E-state index is 0.0408. The number of aliphatic hydroxyl groups is 1. The van der Waals surface area contributed by atoms with Gasteiger partial charge in [-0.25, -0.2) is 4.68 Å². The second-order valence-electron chi connectivity index (χ2n) is 3.43. The van der Waals surface area contributed by atoms with Crippen molar-refractivity contribution in [2.75, 3.05) is 19.8 Å². The lowest BCUT2D eigenvalue weighted by Gasteiger charge is -2.02. The molecule has 0 aliphatic rings. The van der Waals surface area contributed by atoms with Gasteiger partial charge in [-0.15, -0.1) is 5.10 Å². The molecule has 0 spiro atoms. The van der Waals surface area contributed by atoms with Crippen molar-refractivity contribution in [3.63, 3.8) is 0 Å². The van der Waals surface area contributed by atoms with E-state index < -0.39 is 0 Å². The van der Waals surface area contributed by atoms with Gasteiger partial charge in [0.05, 0.1) is 31.9 Å². The summed E-state index contributed by atoms with van der Waals surface area (Å²) < 4.78 is 6.36. The van der Waals surface area contributed by atoms with E-state index in [9.17, 15) is 4.79 Å². The fourth-order valence-electron chi connectivity index (χ4n) is 1.27. The van der Waals surface area contributed by atoms with E-state index in [-0.39, 0.29) is 12.6 Å². The second-order valence-corrected chi connectivity index (χ2v) is 3.43. The average Bonchev–Trinajstić information content (AvgIpc) is 2.73. The van der Waals surface area contributed by atoms with Crippen LogP contribution in [0.3, 0.4) is 0 Å². The molecule has 0 fully saturated rings. The largest absolute Gasteiger partial charge is 0.466 e. The first-order valence-corrected chi connectivity index (χ1v) is 5.62. The van der Waals surface area contributed by atoms with Crippen LogP contribution in [-0.2, 0) is 22.6 Å². The number of ether oxygens (including phenoxy) is 1. The van der Waals surface area contributed by atoms with Crippen LogP contribution in [0.25, 0.3) is 0 Å². The van der Waals surface area contributed by atoms with Crippen molar-refractivity contribution in [1.29, 1.82) is 0 Å². The number of aliphatic hydroxyl groups excluding tert-OH is 1. The Balaban J connectivity index is 2.15. The van der Waals surface area contributed by atoms with E-state index in [0.29, 0.717) is 32.7 Å². The number of nitrogens with zero attached hydrogens (tertiary/aromatic N) is 3. The molecule has 0 unspecified atom stereocenters. The summed E-state index contributed by atoms with van der Waals surface area (Å²) in [5.41, 5.74) is 0.780. The quantitative estimate of drug-likeness (QED) is 0.463. The van der Waals surface area contributed by atoms with Gasteiger partial charge in [0.15, 0.2) is 0 Å². The van der Waals surface area contributed by atoms with Gasteiger partial charge in [0.1, 0.15) is 0 Å². The molecule has 0 aliphatic carbocycles. The maximum Gasteiger partial charge on any atom is 0.307 e. The summed E-state index contributed by atoms with van der Waals surface area (Å²) in [6, 6.07) is 0. The van der Waals surface area contributed by atoms with E-state index in [4.69, 9.17) is 9.84 Å². The minimum atomic E-state index is -0.205. The van der Waals surface area contributed by atoms with Crippen LogP contribution >= 0.6 is 0 Å². The van der Waals surface area contributed by atoms with Crippen LogP contribution < -0.4 is 5.32 Å². The molecule has 0 saturated heterocycles. The monoisotopic (exact) mass is 242 g/mol. The van der Waals surface area contributed by atoms with Crippen molar-refractivity contribution in [2.24, 2.45) is 0 Å². The molecule has 7 heteroatoms. The molecule has 1 aromatic heterocycles. The molecule has 2 N–H and O–H groups in total. The standard InChI is InChI=1S/C10H18N4O3/c1-2-17-10(16)3-4-11-7-9-8-14(5-6-15)13-12-9/h8,11,15H,2-7H2,1H3. The Morgan fingerprint density at radius 3 is 3.18 bits per heavy atom. The zero-order chi connectivity index (χ0) is 12.5. The third kappa shape index (κ3) is 5.41. The van der Waals surface area contributed by atoms with Gasteiger partial charge in [-0.1, -0.05) is 5.21 Å². The topological polar surface area (TPSA) is 89.3 Å². The summed E-state index contributed by atoms with van der Waals surface area (Å²) in [6.07, 6.45) is 2.10. The first kappa shape index (κ1) is 13.6. The third-order valence-electron chi connectivity index (χ3n) is 2.03. The highest BCUT2D eigenvalue weighted by Crippen LogP contribution is 1.92. The molecular weight excluding hydrogens is 224 g/mol. The molecule has 1 aromatic rings. The molecule has 17 heavy (non-hydrogen) atoms. The van der Waals surface area contributed by atoms with Crippen molar-refractivity contribution in [1.82, 2.24) is 20.3 Å². The number of carbonyl (C=O) groups excluding carboxylic acids is 1. The summed E-state index contributed by atoms with van der Waals surface area (Å²) in [5, 5.41) is 19.5. The van der Waals surface area contributed by atoms with E-state index in [2.05, 4.69) is 15.6 Å². The molecule has 0 aliphatic heterocycles. The van der Waals surface area contributed by atoms with Crippen molar-refractivity contribution >= 4 is 5.97 Å². The van der Waals surface area contributed by atoms with Gasteiger partial charge in [0, 0.05) is 19.3 Å². The highest BCUT2D eigenvalue weighted by molar-refractivity contribution is 5.69. The predicted molar refractivity (Wildman–Crippen MR) is 60.1 cm³/mol. The van der Waals surface area contributed by atoms with Gasteiger partial charge in [-0.05, 0) is 6.92 Å². The van der Waals surface area contributed by atoms with Crippen LogP contribution in [-0.4, -0.2) is 45.8 Å². The first-order chi connectivity index (χ1) is 8.26. The number of nitrogens with one attached hydrogen (secondary N) is 1. The number of carbonyl (C=O) groups is 1. The van der Waals surface area contributed by atoms with E-state index in [0.717, 1.165) is 5.69 Å². The van der Waals surface area contributed by atoms with Crippen LogP contribution in [0.4, 0.5) is 0 Å². The average molecular weight is 242 g/mol. The van der Waals surface area contributed by atoms with Gasteiger partial charge in [0.25, 0.3) is 0 Å². The fraction of sp³-hybridized carbons (Fsp3) is 0.700. The summed E-state index contributed by atoms with van der Waals surface area (Å²) >= 11 is 0.